The Balaban J connectivity index is 1.87. The van der Waals surface area contributed by atoms with Gasteiger partial charge < -0.3 is 16.8 Å². The molecular weight excluding hydrogens is 349 g/mol. The molecular formula is C17H19F3N4O2. The van der Waals surface area contributed by atoms with Gasteiger partial charge in [0.25, 0.3) is 5.91 Å². The van der Waals surface area contributed by atoms with Crippen LogP contribution >= 0.6 is 0 Å². The molecule has 2 amide bonds. The molecule has 6 nitrogen and oxygen atoms in total. The minimum absolute atomic E-state index is 0.0423. The first-order chi connectivity index (χ1) is 12.2. The van der Waals surface area contributed by atoms with E-state index >= 15 is 0 Å². The van der Waals surface area contributed by atoms with Gasteiger partial charge >= 0.3 is 12.1 Å². The monoisotopic (exact) mass is 368 g/mol. The number of carbonyl (C=O) groups excluding carboxylic acids is 2. The summed E-state index contributed by atoms with van der Waals surface area (Å²) >= 11 is 0. The Morgan fingerprint density at radius 1 is 1.15 bits per heavy atom. The van der Waals surface area contributed by atoms with Crippen LogP contribution in [0, 0.1) is 17.8 Å². The lowest BCUT2D eigenvalue weighted by Gasteiger charge is -2.29. The van der Waals surface area contributed by atoms with Crippen LogP contribution in [0.15, 0.2) is 29.3 Å². The molecule has 2 fully saturated rings. The van der Waals surface area contributed by atoms with Crippen molar-refractivity contribution in [3.05, 3.63) is 29.8 Å². The number of fused-ring (bicyclic) bond motifs is 2. The highest BCUT2D eigenvalue weighted by Crippen LogP contribution is 2.57. The first kappa shape index (κ1) is 18.2. The molecule has 0 spiro atoms. The number of nitrogens with two attached hydrogens (primary N) is 2. The van der Waals surface area contributed by atoms with Gasteiger partial charge in [0.05, 0.1) is 5.92 Å². The average Bonchev–Trinajstić information content (AvgIpc) is 3.14. The van der Waals surface area contributed by atoms with Gasteiger partial charge in [0, 0.05) is 5.69 Å². The standard InChI is InChI=1S/C17H19F3N4O2/c18-17(19,20)15(26)23-11-3-1-2-8(7-11)12-9-4-5-10(6-9)13(12)14(25)24-16(21)22/h1-3,7,9-10,12-13H,4-6H2,(H,23,26)(H4,21,22,24,25)/t9?,10?,12-,13-/m1/s1. The Bertz CT molecular complexity index is 759. The van der Waals surface area contributed by atoms with Gasteiger partial charge in [-0.15, -0.1) is 0 Å². The lowest BCUT2D eigenvalue weighted by Crippen LogP contribution is -2.31. The van der Waals surface area contributed by atoms with Crippen molar-refractivity contribution in [2.45, 2.75) is 31.4 Å². The summed E-state index contributed by atoms with van der Waals surface area (Å²) in [6.07, 6.45) is -2.25. The highest BCUT2D eigenvalue weighted by atomic mass is 19.4. The third kappa shape index (κ3) is 3.51. The van der Waals surface area contributed by atoms with E-state index in [9.17, 15) is 22.8 Å². The van der Waals surface area contributed by atoms with Gasteiger partial charge in [-0.05, 0) is 54.7 Å². The van der Waals surface area contributed by atoms with Crippen LogP contribution in [0.3, 0.4) is 0 Å². The number of rotatable bonds is 3. The van der Waals surface area contributed by atoms with Gasteiger partial charge in [-0.1, -0.05) is 12.1 Å². The van der Waals surface area contributed by atoms with E-state index in [1.807, 2.05) is 5.32 Å². The second-order valence-corrected chi connectivity index (χ2v) is 6.84. The topological polar surface area (TPSA) is 111 Å². The van der Waals surface area contributed by atoms with Crippen LogP contribution in [0.2, 0.25) is 0 Å². The zero-order valence-corrected chi connectivity index (χ0v) is 13.8. The Morgan fingerprint density at radius 3 is 2.50 bits per heavy atom. The summed E-state index contributed by atoms with van der Waals surface area (Å²) in [4.78, 5) is 27.3. The SMILES string of the molecule is NC(N)=NC(=O)[C@@H]1C2CCC(C2)[C@H]1c1cccc(NC(=O)C(F)(F)F)c1. The largest absolute Gasteiger partial charge is 0.471 e. The van der Waals surface area contributed by atoms with Gasteiger partial charge in [0.15, 0.2) is 5.96 Å². The van der Waals surface area contributed by atoms with Crippen LogP contribution in [0.1, 0.15) is 30.7 Å². The summed E-state index contributed by atoms with van der Waals surface area (Å²) in [5, 5.41) is 1.85. The number of nitrogens with one attached hydrogen (secondary N) is 1. The molecule has 2 unspecified atom stereocenters. The lowest BCUT2D eigenvalue weighted by atomic mass is 9.75. The number of guanidine groups is 1. The van der Waals surface area contributed by atoms with Crippen molar-refractivity contribution in [2.24, 2.45) is 34.2 Å². The molecule has 140 valence electrons. The van der Waals surface area contributed by atoms with Gasteiger partial charge in [-0.2, -0.15) is 18.2 Å². The van der Waals surface area contributed by atoms with Crippen molar-refractivity contribution in [1.82, 2.24) is 0 Å². The van der Waals surface area contributed by atoms with E-state index in [4.69, 9.17) is 11.5 Å². The quantitative estimate of drug-likeness (QED) is 0.560. The molecule has 0 heterocycles. The van der Waals surface area contributed by atoms with Crippen LogP contribution in [-0.2, 0) is 9.59 Å². The molecule has 2 bridgehead atoms. The first-order valence-electron chi connectivity index (χ1n) is 8.28. The summed E-state index contributed by atoms with van der Waals surface area (Å²) in [6.45, 7) is 0. The normalized spacial score (nSPS) is 27.2. The fraction of sp³-hybridized carbons (Fsp3) is 0.471. The number of aliphatic imine (C=N–C) groups is 1. The second-order valence-electron chi connectivity index (χ2n) is 6.84. The number of hydrogen-bond acceptors (Lipinski definition) is 2. The van der Waals surface area contributed by atoms with Crippen LogP contribution in [0.25, 0.3) is 0 Å². The number of halogens is 3. The van der Waals surface area contributed by atoms with E-state index in [2.05, 4.69) is 4.99 Å². The molecule has 0 saturated heterocycles. The first-order valence-corrected chi connectivity index (χ1v) is 8.28. The van der Waals surface area contributed by atoms with Gasteiger partial charge in [-0.25, -0.2) is 0 Å². The molecule has 9 heteroatoms. The molecule has 0 aromatic heterocycles. The number of benzene rings is 1. The molecule has 0 radical (unpaired) electrons. The predicted molar refractivity (Wildman–Crippen MR) is 89.0 cm³/mol. The van der Waals surface area contributed by atoms with E-state index in [-0.39, 0.29) is 29.4 Å². The van der Waals surface area contributed by atoms with Crippen molar-refractivity contribution in [3.8, 4) is 0 Å². The number of nitrogens with zero attached hydrogens (tertiary/aromatic N) is 1. The van der Waals surface area contributed by atoms with E-state index in [1.54, 1.807) is 12.1 Å². The van der Waals surface area contributed by atoms with Crippen molar-refractivity contribution in [1.29, 1.82) is 0 Å². The molecule has 3 rings (SSSR count). The molecule has 1 aromatic carbocycles. The Hall–Kier alpha value is -2.58. The maximum atomic E-state index is 12.5. The van der Waals surface area contributed by atoms with E-state index in [0.717, 1.165) is 19.3 Å². The van der Waals surface area contributed by atoms with Gasteiger partial charge in [0.2, 0.25) is 0 Å². The fourth-order valence-corrected chi connectivity index (χ4v) is 4.35. The number of hydrogen-bond donors (Lipinski definition) is 3. The van der Waals surface area contributed by atoms with Crippen LogP contribution in [-0.4, -0.2) is 24.0 Å². The molecule has 1 aromatic rings. The fourth-order valence-electron chi connectivity index (χ4n) is 4.35. The Labute approximate surface area is 147 Å². The zero-order chi connectivity index (χ0) is 19.1. The number of amides is 2. The highest BCUT2D eigenvalue weighted by Gasteiger charge is 2.51. The Morgan fingerprint density at radius 2 is 1.85 bits per heavy atom. The maximum absolute atomic E-state index is 12.5. The summed E-state index contributed by atoms with van der Waals surface area (Å²) in [5.41, 5.74) is 11.4. The van der Waals surface area contributed by atoms with Gasteiger partial charge in [0.1, 0.15) is 0 Å². The van der Waals surface area contributed by atoms with Crippen LogP contribution in [0.5, 0.6) is 0 Å². The third-order valence-corrected chi connectivity index (χ3v) is 5.23. The van der Waals surface area contributed by atoms with E-state index in [0.29, 0.717) is 5.56 Å². The third-order valence-electron chi connectivity index (χ3n) is 5.23. The van der Waals surface area contributed by atoms with Crippen LogP contribution in [0.4, 0.5) is 18.9 Å². The zero-order valence-electron chi connectivity index (χ0n) is 13.8. The van der Waals surface area contributed by atoms with E-state index in [1.165, 1.54) is 12.1 Å². The minimum atomic E-state index is -4.96. The number of carbonyl (C=O) groups is 2. The molecule has 0 aliphatic heterocycles. The molecule has 5 N–H and O–H groups in total. The molecule has 2 aliphatic carbocycles. The van der Waals surface area contributed by atoms with Crippen molar-refractivity contribution in [3.63, 3.8) is 0 Å². The predicted octanol–water partition coefficient (Wildman–Crippen LogP) is 2.12. The van der Waals surface area contributed by atoms with Crippen molar-refractivity contribution < 1.29 is 22.8 Å². The molecule has 26 heavy (non-hydrogen) atoms. The molecule has 2 saturated carbocycles. The summed E-state index contributed by atoms with van der Waals surface area (Å²) < 4.78 is 37.4. The minimum Gasteiger partial charge on any atom is -0.370 e. The molecule has 2 aliphatic rings. The lowest BCUT2D eigenvalue weighted by molar-refractivity contribution is -0.167. The smallest absolute Gasteiger partial charge is 0.370 e. The molecule has 4 atom stereocenters. The summed E-state index contributed by atoms with van der Waals surface area (Å²) in [6, 6.07) is 6.19. The number of alkyl halides is 3. The van der Waals surface area contributed by atoms with Crippen LogP contribution < -0.4 is 16.8 Å². The van der Waals surface area contributed by atoms with Crippen molar-refractivity contribution >= 4 is 23.5 Å². The van der Waals surface area contributed by atoms with E-state index < -0.39 is 23.9 Å². The summed E-state index contributed by atoms with van der Waals surface area (Å²) in [7, 11) is 0. The number of anilines is 1. The second kappa shape index (κ2) is 6.62. The Kier molecular flexibility index (Phi) is 4.64. The summed E-state index contributed by atoms with van der Waals surface area (Å²) in [5.74, 6) is -2.90. The maximum Gasteiger partial charge on any atom is 0.471 e. The highest BCUT2D eigenvalue weighted by molar-refractivity contribution is 5.95. The van der Waals surface area contributed by atoms with Gasteiger partial charge in [-0.3, -0.25) is 9.59 Å². The average molecular weight is 368 g/mol. The van der Waals surface area contributed by atoms with Crippen molar-refractivity contribution in [2.75, 3.05) is 5.32 Å².